The lowest BCUT2D eigenvalue weighted by Crippen LogP contribution is -2.11. The highest BCUT2D eigenvalue weighted by molar-refractivity contribution is 7.85. The first kappa shape index (κ1) is 27.0. The summed E-state index contributed by atoms with van der Waals surface area (Å²) in [6, 6.07) is 14.0. The van der Waals surface area contributed by atoms with E-state index >= 15 is 0 Å². The minimum Gasteiger partial charge on any atom is -0.388 e. The van der Waals surface area contributed by atoms with Crippen LogP contribution in [-0.4, -0.2) is 47.0 Å². The molecule has 0 radical (unpaired) electrons. The zero-order chi connectivity index (χ0) is 27.8. The maximum atomic E-state index is 12.9. The largest absolute Gasteiger partial charge is 0.433 e. The molecule has 0 bridgehead atoms. The van der Waals surface area contributed by atoms with Crippen molar-refractivity contribution in [1.29, 1.82) is 0 Å². The molecule has 0 saturated carbocycles. The van der Waals surface area contributed by atoms with Gasteiger partial charge in [0.25, 0.3) is 10.1 Å². The van der Waals surface area contributed by atoms with Crippen molar-refractivity contribution in [3.63, 3.8) is 0 Å². The highest BCUT2D eigenvalue weighted by atomic mass is 32.2. The monoisotopic (exact) mass is 548 g/mol. The predicted molar refractivity (Wildman–Crippen MR) is 132 cm³/mol. The molecule has 38 heavy (non-hydrogen) atoms. The Morgan fingerprint density at radius 2 is 1.50 bits per heavy atom. The Labute approximate surface area is 215 Å². The first-order chi connectivity index (χ1) is 17.8. The average molecular weight is 549 g/mol. The first-order valence-electron chi connectivity index (χ1n) is 11.1. The third-order valence-electron chi connectivity index (χ3n) is 5.69. The molecular formula is C24H23F3N6O4S. The van der Waals surface area contributed by atoms with Gasteiger partial charge >= 0.3 is 6.18 Å². The molecule has 5 rings (SSSR count). The normalized spacial score (nSPS) is 12.0. The summed E-state index contributed by atoms with van der Waals surface area (Å²) < 4.78 is 72.4. The number of aliphatic hydroxyl groups is 1. The van der Waals surface area contributed by atoms with E-state index in [-0.39, 0.29) is 17.2 Å². The number of alkyl halides is 3. The fourth-order valence-corrected chi connectivity index (χ4v) is 4.12. The van der Waals surface area contributed by atoms with Crippen LogP contribution in [0.15, 0.2) is 65.7 Å². The number of fused-ring (bicyclic) bond motifs is 1. The summed E-state index contributed by atoms with van der Waals surface area (Å²) in [7, 11) is -0.994. The number of aliphatic hydroxyl groups excluding tert-OH is 1. The van der Waals surface area contributed by atoms with E-state index in [0.29, 0.717) is 22.9 Å². The van der Waals surface area contributed by atoms with Gasteiger partial charge in [0, 0.05) is 25.2 Å². The third kappa shape index (κ3) is 5.61. The highest BCUT2D eigenvalue weighted by Gasteiger charge is 2.35. The molecule has 2 aromatic carbocycles. The van der Waals surface area contributed by atoms with Gasteiger partial charge in [-0.25, -0.2) is 9.50 Å². The number of imidazole rings is 1. The van der Waals surface area contributed by atoms with Crippen molar-refractivity contribution >= 4 is 15.9 Å². The Hall–Kier alpha value is -4.01. The van der Waals surface area contributed by atoms with E-state index < -0.39 is 22.0 Å². The van der Waals surface area contributed by atoms with Crippen molar-refractivity contribution < 1.29 is 31.2 Å². The molecule has 200 valence electrons. The molecule has 2 N–H and O–H groups in total. The molecular weight excluding hydrogens is 525 g/mol. The summed E-state index contributed by atoms with van der Waals surface area (Å²) in [6.45, 7) is 1.65. The van der Waals surface area contributed by atoms with Crippen LogP contribution in [0.1, 0.15) is 17.1 Å². The van der Waals surface area contributed by atoms with Crippen molar-refractivity contribution in [2.45, 2.75) is 24.6 Å². The Balaban J connectivity index is 0.000000257. The van der Waals surface area contributed by atoms with Gasteiger partial charge in [0.2, 0.25) is 5.78 Å². The minimum absolute atomic E-state index is 0.0666. The Morgan fingerprint density at radius 1 is 0.921 bits per heavy atom. The summed E-state index contributed by atoms with van der Waals surface area (Å²) in [5.74, 6) is 1.08. The van der Waals surface area contributed by atoms with Gasteiger partial charge in [-0.1, -0.05) is 42.0 Å². The number of hydrogen-bond donors (Lipinski definition) is 2. The van der Waals surface area contributed by atoms with Crippen molar-refractivity contribution in [1.82, 2.24) is 28.9 Å². The maximum Gasteiger partial charge on any atom is 0.433 e. The zero-order valence-electron chi connectivity index (χ0n) is 20.4. The van der Waals surface area contributed by atoms with Gasteiger partial charge in [-0.15, -0.1) is 5.10 Å². The van der Waals surface area contributed by atoms with E-state index in [1.807, 2.05) is 6.92 Å². The lowest BCUT2D eigenvalue weighted by Gasteiger charge is -2.04. The van der Waals surface area contributed by atoms with E-state index in [2.05, 4.69) is 15.2 Å². The summed E-state index contributed by atoms with van der Waals surface area (Å²) in [4.78, 5) is 4.42. The first-order valence-corrected chi connectivity index (χ1v) is 12.5. The lowest BCUT2D eigenvalue weighted by atomic mass is 10.1. The Kier molecular flexibility index (Phi) is 7.14. The number of rotatable bonds is 4. The summed E-state index contributed by atoms with van der Waals surface area (Å²) >= 11 is 0. The van der Waals surface area contributed by atoms with Gasteiger partial charge in [0.15, 0.2) is 5.82 Å². The maximum absolute atomic E-state index is 12.9. The number of aromatic nitrogens is 6. The second-order valence-electron chi connectivity index (χ2n) is 8.41. The smallest absolute Gasteiger partial charge is 0.388 e. The van der Waals surface area contributed by atoms with Gasteiger partial charge in [-0.05, 0) is 25.1 Å². The van der Waals surface area contributed by atoms with E-state index in [1.165, 1.54) is 19.2 Å². The molecule has 0 atom stereocenters. The number of benzene rings is 2. The molecule has 0 fully saturated rings. The molecule has 0 aliphatic heterocycles. The molecule has 0 amide bonds. The van der Waals surface area contributed by atoms with Crippen LogP contribution in [0, 0.1) is 6.92 Å². The molecule has 0 aliphatic carbocycles. The average Bonchev–Trinajstić information content (AvgIpc) is 3.53. The molecule has 3 aromatic heterocycles. The highest BCUT2D eigenvalue weighted by Crippen LogP contribution is 2.32. The topological polar surface area (TPSA) is 128 Å². The summed E-state index contributed by atoms with van der Waals surface area (Å²) in [6.07, 6.45) is -2.72. The quantitative estimate of drug-likeness (QED) is 0.326. The Bertz CT molecular complexity index is 1690. The molecule has 10 nitrogen and oxygen atoms in total. The van der Waals surface area contributed by atoms with Crippen LogP contribution >= 0.6 is 0 Å². The van der Waals surface area contributed by atoms with E-state index in [9.17, 15) is 26.7 Å². The van der Waals surface area contributed by atoms with Gasteiger partial charge in [-0.2, -0.15) is 26.7 Å². The molecule has 5 aromatic rings. The van der Waals surface area contributed by atoms with Crippen LogP contribution in [0.5, 0.6) is 0 Å². The molecule has 0 unspecified atom stereocenters. The number of nitrogens with zero attached hydrogens (tertiary/aromatic N) is 6. The van der Waals surface area contributed by atoms with Gasteiger partial charge < -0.3 is 5.11 Å². The summed E-state index contributed by atoms with van der Waals surface area (Å²) in [5, 5.41) is 17.4. The van der Waals surface area contributed by atoms with Crippen molar-refractivity contribution in [3.8, 4) is 22.5 Å². The fraction of sp³-hybridized carbons (Fsp3) is 0.208. The minimum atomic E-state index is -4.45. The third-order valence-corrected chi connectivity index (χ3v) is 6.56. The molecule has 14 heteroatoms. The molecule has 3 heterocycles. The number of hydrogen-bond acceptors (Lipinski definition) is 6. The van der Waals surface area contributed by atoms with Crippen LogP contribution in [0.25, 0.3) is 28.3 Å². The SMILES string of the molecule is Cc1ccc(S(=O)(=O)O)cc1.Cn1nc(-c2ccc(-c3cn4nc(CO)n(C)c4n3)cc2)cc1C(F)(F)F. The standard InChI is InChI=1S/C17H15F3N6O.C7H8O3S/c1-24-15(9-27)23-26-8-13(21-16(24)26)11-5-3-10(4-6-11)12-7-14(17(18,19)20)25(2)22-12;1-6-2-4-7(5-3-6)11(8,9)10/h3-8,27H,9H2,1-2H3;2-5H,1H3,(H,8,9,10). The van der Waals surface area contributed by atoms with Crippen molar-refractivity contribution in [2.75, 3.05) is 0 Å². The van der Waals surface area contributed by atoms with E-state index in [4.69, 9.17) is 4.55 Å². The van der Waals surface area contributed by atoms with E-state index in [0.717, 1.165) is 21.9 Å². The van der Waals surface area contributed by atoms with Crippen LogP contribution < -0.4 is 0 Å². The summed E-state index contributed by atoms with van der Waals surface area (Å²) in [5.41, 5.74) is 2.45. The Morgan fingerprint density at radius 3 is 1.97 bits per heavy atom. The fourth-order valence-electron chi connectivity index (χ4n) is 3.64. The molecule has 0 saturated heterocycles. The van der Waals surface area contributed by atoms with E-state index in [1.54, 1.807) is 58.7 Å². The van der Waals surface area contributed by atoms with Crippen molar-refractivity contribution in [2.24, 2.45) is 14.1 Å². The molecule has 0 aliphatic rings. The zero-order valence-corrected chi connectivity index (χ0v) is 21.2. The van der Waals surface area contributed by atoms with Gasteiger partial charge in [0.1, 0.15) is 12.3 Å². The number of aryl methyl sites for hydroxylation is 3. The predicted octanol–water partition coefficient (Wildman–Crippen LogP) is 3.89. The molecule has 0 spiro atoms. The van der Waals surface area contributed by atoms with Crippen LogP contribution in [0.4, 0.5) is 13.2 Å². The number of halogens is 3. The lowest BCUT2D eigenvalue weighted by molar-refractivity contribution is -0.143. The van der Waals surface area contributed by atoms with Crippen LogP contribution in [0.2, 0.25) is 0 Å². The van der Waals surface area contributed by atoms with Crippen LogP contribution in [0.3, 0.4) is 0 Å². The van der Waals surface area contributed by atoms with Crippen LogP contribution in [-0.2, 0) is 37.0 Å². The second-order valence-corrected chi connectivity index (χ2v) is 9.83. The van der Waals surface area contributed by atoms with Crippen molar-refractivity contribution in [3.05, 3.63) is 77.9 Å². The second kappa shape index (κ2) is 10.0. The van der Waals surface area contributed by atoms with Gasteiger partial charge in [-0.3, -0.25) is 13.8 Å². The van der Waals surface area contributed by atoms with Gasteiger partial charge in [0.05, 0.1) is 22.5 Å².